The van der Waals surface area contributed by atoms with Gasteiger partial charge in [0.15, 0.2) is 0 Å². The number of thiophene rings is 1. The summed E-state index contributed by atoms with van der Waals surface area (Å²) < 4.78 is 30.1. The third-order valence-corrected chi connectivity index (χ3v) is 14.4. The Morgan fingerprint density at radius 1 is 0.519 bits per heavy atom. The zero-order valence-electron chi connectivity index (χ0n) is 30.2. The summed E-state index contributed by atoms with van der Waals surface area (Å²) in [6.07, 6.45) is 0. The van der Waals surface area contributed by atoms with E-state index in [9.17, 15) is 8.42 Å². The van der Waals surface area contributed by atoms with Crippen LogP contribution in [0.4, 0.5) is 0 Å². The Morgan fingerprint density at radius 2 is 1.06 bits per heavy atom. The fourth-order valence-corrected chi connectivity index (χ4v) is 11.7. The maximum absolute atomic E-state index is 14.4. The number of hydrogen-bond acceptors (Lipinski definition) is 3. The number of sulfone groups is 1. The highest BCUT2D eigenvalue weighted by Gasteiger charge is 2.42. The van der Waals surface area contributed by atoms with Crippen LogP contribution in [0.5, 0.6) is 0 Å². The third-order valence-electron chi connectivity index (χ3n) is 11.3. The largest absolute Gasteiger partial charge is 0.218 e. The van der Waals surface area contributed by atoms with Crippen molar-refractivity contribution >= 4 is 63.7 Å². The van der Waals surface area contributed by atoms with Crippen LogP contribution in [-0.4, -0.2) is 8.42 Å². The number of fused-ring (bicyclic) bond motifs is 10. The highest BCUT2D eigenvalue weighted by atomic mass is 32.2. The Balaban J connectivity index is 1.28. The van der Waals surface area contributed by atoms with E-state index < -0.39 is 9.84 Å². The monoisotopic (exact) mass is 710 g/mol. The summed E-state index contributed by atoms with van der Waals surface area (Å²) >= 11 is 1.86. The number of allylic oxidation sites excluding steroid dienone is 1. The Bertz CT molecular complexity index is 3000. The molecule has 2 nitrogen and oxygen atoms in total. The Morgan fingerprint density at radius 3 is 1.69 bits per heavy atom. The molecule has 0 amide bonds. The van der Waals surface area contributed by atoms with E-state index in [4.69, 9.17) is 0 Å². The number of benzene rings is 6. The van der Waals surface area contributed by atoms with E-state index in [2.05, 4.69) is 139 Å². The highest BCUT2D eigenvalue weighted by Crippen LogP contribution is 2.52. The minimum Gasteiger partial charge on any atom is -0.218 e. The second-order valence-electron chi connectivity index (χ2n) is 16.6. The van der Waals surface area contributed by atoms with Crippen molar-refractivity contribution in [3.8, 4) is 10.4 Å². The molecule has 7 aromatic rings. The zero-order chi connectivity index (χ0) is 35.9. The van der Waals surface area contributed by atoms with Gasteiger partial charge in [0.2, 0.25) is 9.84 Å². The summed E-state index contributed by atoms with van der Waals surface area (Å²) in [6.45, 7) is 13.4. The lowest BCUT2D eigenvalue weighted by Crippen LogP contribution is -2.14. The van der Waals surface area contributed by atoms with E-state index in [0.717, 1.165) is 43.8 Å². The van der Waals surface area contributed by atoms with Gasteiger partial charge < -0.3 is 0 Å². The van der Waals surface area contributed by atoms with Crippen LogP contribution in [0.2, 0.25) is 0 Å². The normalized spacial score (nSPS) is 15.7. The van der Waals surface area contributed by atoms with Crippen LogP contribution in [0.25, 0.3) is 52.9 Å². The first-order valence-electron chi connectivity index (χ1n) is 18.0. The van der Waals surface area contributed by atoms with E-state index in [-0.39, 0.29) is 10.8 Å². The minimum absolute atomic E-state index is 0.0109. The summed E-state index contributed by atoms with van der Waals surface area (Å²) in [4.78, 5) is 2.13. The molecule has 1 aliphatic heterocycles. The van der Waals surface area contributed by atoms with Crippen molar-refractivity contribution in [2.24, 2.45) is 0 Å². The Hall–Kier alpha value is -5.03. The van der Waals surface area contributed by atoms with Gasteiger partial charge in [-0.1, -0.05) is 126 Å². The van der Waals surface area contributed by atoms with Crippen molar-refractivity contribution in [3.63, 3.8) is 0 Å². The lowest BCUT2D eigenvalue weighted by atomic mass is 9.85. The molecule has 0 saturated heterocycles. The first-order chi connectivity index (χ1) is 24.8. The van der Waals surface area contributed by atoms with Gasteiger partial charge in [-0.3, -0.25) is 0 Å². The second kappa shape index (κ2) is 10.5. The number of rotatable bonds is 2. The molecule has 0 unspecified atom stereocenters. The molecule has 2 aliphatic carbocycles. The lowest BCUT2D eigenvalue weighted by Gasteiger charge is -2.19. The van der Waals surface area contributed by atoms with Crippen LogP contribution in [-0.2, 0) is 20.7 Å². The summed E-state index contributed by atoms with van der Waals surface area (Å²) in [5.74, 6) is 0. The van der Waals surface area contributed by atoms with Crippen molar-refractivity contribution in [2.45, 2.75) is 57.3 Å². The molecule has 0 spiro atoms. The molecule has 0 bridgehead atoms. The average Bonchev–Trinajstić information content (AvgIpc) is 3.81. The van der Waals surface area contributed by atoms with Crippen molar-refractivity contribution < 1.29 is 8.42 Å². The molecule has 4 heteroatoms. The lowest BCUT2D eigenvalue weighted by molar-refractivity contribution is 0.590. The fraction of sp³-hybridized carbons (Fsp3) is 0.167. The molecule has 6 aromatic carbocycles. The molecule has 3 aliphatic rings. The van der Waals surface area contributed by atoms with E-state index in [1.165, 1.54) is 53.6 Å². The summed E-state index contributed by atoms with van der Waals surface area (Å²) in [5.41, 5.74) is 12.1. The first kappa shape index (κ1) is 31.7. The van der Waals surface area contributed by atoms with Crippen molar-refractivity contribution in [3.05, 3.63) is 171 Å². The van der Waals surface area contributed by atoms with Crippen LogP contribution in [0, 0.1) is 0 Å². The van der Waals surface area contributed by atoms with Gasteiger partial charge in [0.05, 0.1) is 9.80 Å². The Kier molecular flexibility index (Phi) is 6.42. The molecular formula is C48H38O2S2. The third kappa shape index (κ3) is 4.38. The predicted octanol–water partition coefficient (Wildman–Crippen LogP) is 10.7. The quantitative estimate of drug-likeness (QED) is 0.179. The van der Waals surface area contributed by atoms with Crippen LogP contribution in [0.3, 0.4) is 0 Å². The maximum atomic E-state index is 14.4. The van der Waals surface area contributed by atoms with Gasteiger partial charge >= 0.3 is 0 Å². The molecule has 254 valence electrons. The number of hydrogen-bond donors (Lipinski definition) is 0. The van der Waals surface area contributed by atoms with Crippen molar-refractivity contribution in [1.29, 1.82) is 0 Å². The summed E-state index contributed by atoms with van der Waals surface area (Å²) in [5, 5.41) is 5.62. The molecule has 0 fully saturated rings. The highest BCUT2D eigenvalue weighted by molar-refractivity contribution is 8.01. The van der Waals surface area contributed by atoms with Crippen LogP contribution < -0.4 is 10.4 Å². The molecule has 10 rings (SSSR count). The smallest absolute Gasteiger partial charge is 0.208 e. The van der Waals surface area contributed by atoms with Gasteiger partial charge in [0.25, 0.3) is 0 Å². The van der Waals surface area contributed by atoms with E-state index >= 15 is 0 Å². The van der Waals surface area contributed by atoms with E-state index in [1.54, 1.807) is 6.07 Å². The predicted molar refractivity (Wildman–Crippen MR) is 219 cm³/mol. The van der Waals surface area contributed by atoms with Gasteiger partial charge in [0, 0.05) is 42.8 Å². The van der Waals surface area contributed by atoms with Gasteiger partial charge in [-0.05, 0) is 102 Å². The molecule has 0 radical (unpaired) electrons. The summed E-state index contributed by atoms with van der Waals surface area (Å²) in [7, 11) is -3.72. The van der Waals surface area contributed by atoms with Crippen LogP contribution in [0.1, 0.15) is 80.5 Å². The van der Waals surface area contributed by atoms with Gasteiger partial charge in [-0.25, -0.2) is 8.42 Å². The summed E-state index contributed by atoms with van der Waals surface area (Å²) in [6, 6.07) is 43.1. The SMILES string of the molecule is CC(C)(C)c1ccc(C2=c3cc4cc5c(cc4cc3C3=C2c2ccccc2S3(=O)=O)=C(c2ccc(C(C)(C)C)cc2)c2c-5sc3ccccc23)cc1. The first-order valence-corrected chi connectivity index (χ1v) is 20.3. The maximum Gasteiger partial charge on any atom is 0.208 e. The second-order valence-corrected chi connectivity index (χ2v) is 19.5. The average molecular weight is 711 g/mol. The van der Waals surface area contributed by atoms with E-state index in [1.807, 2.05) is 29.5 Å². The fourth-order valence-electron chi connectivity index (χ4n) is 8.57. The van der Waals surface area contributed by atoms with Gasteiger partial charge in [-0.2, -0.15) is 0 Å². The molecule has 1 aromatic heterocycles. The van der Waals surface area contributed by atoms with Crippen molar-refractivity contribution in [1.82, 2.24) is 0 Å². The molecule has 52 heavy (non-hydrogen) atoms. The molecule has 0 N–H and O–H groups in total. The molecule has 2 heterocycles. The standard InChI is InChI=1S/C48H38O2S2/c1-47(2,3)31-19-15-27(16-20-31)41-35-23-30-26-38-36(24-29(30)25-37(35)45-43(41)33-11-7-9-13-39(33)51-45)42(28-17-21-32(22-18-28)48(4,5)6)44-34-12-8-10-14-40(34)52(49,50)46(38)44/h7-26H,1-6H3. The zero-order valence-corrected chi connectivity index (χ0v) is 31.8. The molecular weight excluding hydrogens is 673 g/mol. The molecule has 0 atom stereocenters. The van der Waals surface area contributed by atoms with Gasteiger partial charge in [0.1, 0.15) is 0 Å². The van der Waals surface area contributed by atoms with Crippen LogP contribution in [0.15, 0.2) is 126 Å². The topological polar surface area (TPSA) is 34.1 Å². The van der Waals surface area contributed by atoms with E-state index in [0.29, 0.717) is 9.80 Å². The van der Waals surface area contributed by atoms with Gasteiger partial charge in [-0.15, -0.1) is 11.3 Å². The van der Waals surface area contributed by atoms with Crippen molar-refractivity contribution in [2.75, 3.05) is 0 Å². The van der Waals surface area contributed by atoms with Crippen LogP contribution >= 0.6 is 11.3 Å². The minimum atomic E-state index is -3.72. The molecule has 0 saturated carbocycles. The Labute approximate surface area is 309 Å².